The van der Waals surface area contributed by atoms with Crippen molar-refractivity contribution in [2.75, 3.05) is 0 Å². The second-order valence-electron chi connectivity index (χ2n) is 8.34. The standard InChI is InChI=1S/C24H30O2/c25-23(15-3-1-4-16-23)21-11-7-19(8-12-21)20-9-13-22(14-10-20)24(26)17-5-2-6-18-24/h7-14,25-26H,1-6,15-18H2. The Balaban J connectivity index is 1.52. The molecule has 4 rings (SSSR count). The second kappa shape index (κ2) is 7.17. The number of aliphatic hydroxyl groups is 2. The summed E-state index contributed by atoms with van der Waals surface area (Å²) < 4.78 is 0. The molecule has 2 aliphatic carbocycles. The summed E-state index contributed by atoms with van der Waals surface area (Å²) in [6.45, 7) is 0. The molecule has 0 spiro atoms. The minimum atomic E-state index is -0.634. The van der Waals surface area contributed by atoms with Crippen LogP contribution in [0.4, 0.5) is 0 Å². The Bertz CT molecular complexity index is 652. The largest absolute Gasteiger partial charge is 0.385 e. The van der Waals surface area contributed by atoms with E-state index in [9.17, 15) is 10.2 Å². The smallest absolute Gasteiger partial charge is 0.0896 e. The van der Waals surface area contributed by atoms with Gasteiger partial charge < -0.3 is 10.2 Å². The summed E-state index contributed by atoms with van der Waals surface area (Å²) in [6, 6.07) is 16.8. The molecular weight excluding hydrogens is 320 g/mol. The topological polar surface area (TPSA) is 40.5 Å². The molecule has 2 saturated carbocycles. The molecule has 0 aromatic heterocycles. The first-order valence-corrected chi connectivity index (χ1v) is 10.3. The molecule has 0 aliphatic heterocycles. The van der Waals surface area contributed by atoms with Crippen LogP contribution < -0.4 is 0 Å². The predicted octanol–water partition coefficient (Wildman–Crippen LogP) is 5.66. The highest BCUT2D eigenvalue weighted by Gasteiger charge is 2.32. The van der Waals surface area contributed by atoms with Gasteiger partial charge in [-0.2, -0.15) is 0 Å². The number of benzene rings is 2. The lowest BCUT2D eigenvalue weighted by molar-refractivity contribution is -0.000985. The van der Waals surface area contributed by atoms with Gasteiger partial charge in [0.25, 0.3) is 0 Å². The Kier molecular flexibility index (Phi) is 4.90. The van der Waals surface area contributed by atoms with Gasteiger partial charge >= 0.3 is 0 Å². The zero-order chi connectivity index (χ0) is 18.0. The second-order valence-corrected chi connectivity index (χ2v) is 8.34. The van der Waals surface area contributed by atoms with Gasteiger partial charge in [0.2, 0.25) is 0 Å². The van der Waals surface area contributed by atoms with E-state index in [0.29, 0.717) is 0 Å². The fourth-order valence-corrected chi connectivity index (χ4v) is 4.80. The molecule has 0 radical (unpaired) electrons. The van der Waals surface area contributed by atoms with E-state index >= 15 is 0 Å². The third-order valence-corrected chi connectivity index (χ3v) is 6.54. The molecule has 2 N–H and O–H groups in total. The van der Waals surface area contributed by atoms with Crippen molar-refractivity contribution >= 4 is 0 Å². The Labute approximate surface area is 156 Å². The van der Waals surface area contributed by atoms with Gasteiger partial charge in [0.15, 0.2) is 0 Å². The highest BCUT2D eigenvalue weighted by Crippen LogP contribution is 2.39. The average Bonchev–Trinajstić information content (AvgIpc) is 2.69. The fraction of sp³-hybridized carbons (Fsp3) is 0.500. The van der Waals surface area contributed by atoms with Crippen LogP contribution in [0.25, 0.3) is 11.1 Å². The van der Waals surface area contributed by atoms with Gasteiger partial charge in [-0.15, -0.1) is 0 Å². The maximum absolute atomic E-state index is 10.9. The monoisotopic (exact) mass is 350 g/mol. The van der Waals surface area contributed by atoms with Crippen LogP contribution in [0, 0.1) is 0 Å². The van der Waals surface area contributed by atoms with Gasteiger partial charge in [-0.05, 0) is 47.9 Å². The minimum absolute atomic E-state index is 0.634. The third kappa shape index (κ3) is 3.45. The lowest BCUT2D eigenvalue weighted by Gasteiger charge is -2.33. The van der Waals surface area contributed by atoms with Gasteiger partial charge in [-0.3, -0.25) is 0 Å². The lowest BCUT2D eigenvalue weighted by atomic mass is 9.79. The van der Waals surface area contributed by atoms with Crippen LogP contribution in [0.1, 0.15) is 75.3 Å². The van der Waals surface area contributed by atoms with Gasteiger partial charge in [0.05, 0.1) is 11.2 Å². The van der Waals surface area contributed by atoms with Crippen molar-refractivity contribution < 1.29 is 10.2 Å². The van der Waals surface area contributed by atoms with E-state index in [4.69, 9.17) is 0 Å². The fourth-order valence-electron chi connectivity index (χ4n) is 4.80. The third-order valence-electron chi connectivity index (χ3n) is 6.54. The van der Waals surface area contributed by atoms with Gasteiger partial charge in [0.1, 0.15) is 0 Å². The van der Waals surface area contributed by atoms with Crippen LogP contribution in [0.2, 0.25) is 0 Å². The average molecular weight is 351 g/mol. The summed E-state index contributed by atoms with van der Waals surface area (Å²) in [5.74, 6) is 0. The molecule has 2 heteroatoms. The van der Waals surface area contributed by atoms with Crippen LogP contribution >= 0.6 is 0 Å². The van der Waals surface area contributed by atoms with Crippen LogP contribution in [-0.4, -0.2) is 10.2 Å². The van der Waals surface area contributed by atoms with E-state index in [1.807, 2.05) is 0 Å². The molecule has 2 fully saturated rings. The van der Waals surface area contributed by atoms with Crippen molar-refractivity contribution in [1.82, 2.24) is 0 Å². The van der Waals surface area contributed by atoms with Crippen molar-refractivity contribution in [2.24, 2.45) is 0 Å². The number of hydrogen-bond donors (Lipinski definition) is 2. The highest BCUT2D eigenvalue weighted by molar-refractivity contribution is 5.64. The van der Waals surface area contributed by atoms with Crippen molar-refractivity contribution in [3.63, 3.8) is 0 Å². The van der Waals surface area contributed by atoms with Gasteiger partial charge in [-0.25, -0.2) is 0 Å². The summed E-state index contributed by atoms with van der Waals surface area (Å²) in [7, 11) is 0. The van der Waals surface area contributed by atoms with Crippen molar-refractivity contribution in [1.29, 1.82) is 0 Å². The van der Waals surface area contributed by atoms with Crippen molar-refractivity contribution in [3.05, 3.63) is 59.7 Å². The van der Waals surface area contributed by atoms with E-state index in [1.54, 1.807) is 0 Å². The molecule has 2 aromatic carbocycles. The van der Waals surface area contributed by atoms with Crippen molar-refractivity contribution in [2.45, 2.75) is 75.4 Å². The molecule has 0 heterocycles. The maximum atomic E-state index is 10.9. The van der Waals surface area contributed by atoms with Crippen LogP contribution in [-0.2, 0) is 11.2 Å². The maximum Gasteiger partial charge on any atom is 0.0896 e. The predicted molar refractivity (Wildman–Crippen MR) is 106 cm³/mol. The highest BCUT2D eigenvalue weighted by atomic mass is 16.3. The molecule has 2 aromatic rings. The number of rotatable bonds is 3. The number of hydrogen-bond acceptors (Lipinski definition) is 2. The van der Waals surface area contributed by atoms with Gasteiger partial charge in [0, 0.05) is 0 Å². The Morgan fingerprint density at radius 2 is 0.769 bits per heavy atom. The molecule has 26 heavy (non-hydrogen) atoms. The summed E-state index contributed by atoms with van der Waals surface area (Å²) in [5.41, 5.74) is 3.16. The molecule has 2 nitrogen and oxygen atoms in total. The summed E-state index contributed by atoms with van der Waals surface area (Å²) in [5, 5.41) is 21.8. The summed E-state index contributed by atoms with van der Waals surface area (Å²) >= 11 is 0. The Hall–Kier alpha value is -1.64. The van der Waals surface area contributed by atoms with E-state index in [-0.39, 0.29) is 0 Å². The normalized spacial score (nSPS) is 22.1. The zero-order valence-electron chi connectivity index (χ0n) is 15.6. The van der Waals surface area contributed by atoms with E-state index in [1.165, 1.54) is 12.8 Å². The molecule has 0 amide bonds. The molecular formula is C24H30O2. The SMILES string of the molecule is OC1(c2ccc(-c3ccc(C4(O)CCCCC4)cc3)cc2)CCCCC1. The molecule has 0 atom stereocenters. The van der Waals surface area contributed by atoms with E-state index in [0.717, 1.165) is 73.6 Å². The molecule has 0 unspecified atom stereocenters. The quantitative estimate of drug-likeness (QED) is 0.750. The summed E-state index contributed by atoms with van der Waals surface area (Å²) in [6.07, 6.45) is 10.4. The Morgan fingerprint density at radius 3 is 1.08 bits per heavy atom. The molecule has 2 aliphatic rings. The minimum Gasteiger partial charge on any atom is -0.385 e. The first-order valence-electron chi connectivity index (χ1n) is 10.3. The first kappa shape index (κ1) is 17.8. The van der Waals surface area contributed by atoms with Gasteiger partial charge in [-0.1, -0.05) is 87.1 Å². The Morgan fingerprint density at radius 1 is 0.462 bits per heavy atom. The van der Waals surface area contributed by atoms with Crippen LogP contribution in [0.3, 0.4) is 0 Å². The van der Waals surface area contributed by atoms with E-state index in [2.05, 4.69) is 48.5 Å². The molecule has 138 valence electrons. The first-order chi connectivity index (χ1) is 12.6. The van der Waals surface area contributed by atoms with Crippen LogP contribution in [0.15, 0.2) is 48.5 Å². The van der Waals surface area contributed by atoms with E-state index < -0.39 is 11.2 Å². The summed E-state index contributed by atoms with van der Waals surface area (Å²) in [4.78, 5) is 0. The van der Waals surface area contributed by atoms with Crippen molar-refractivity contribution in [3.8, 4) is 11.1 Å². The zero-order valence-corrected chi connectivity index (χ0v) is 15.6. The molecule has 0 saturated heterocycles. The van der Waals surface area contributed by atoms with Crippen LogP contribution in [0.5, 0.6) is 0 Å². The lowest BCUT2D eigenvalue weighted by Crippen LogP contribution is -2.28. The molecule has 0 bridgehead atoms.